The second-order valence-corrected chi connectivity index (χ2v) is 16.5. The van der Waals surface area contributed by atoms with Crippen LogP contribution in [-0.4, -0.2) is 0 Å². The molecule has 0 fully saturated rings. The van der Waals surface area contributed by atoms with Crippen LogP contribution < -0.4 is 4.90 Å². The highest BCUT2D eigenvalue weighted by Crippen LogP contribution is 2.56. The van der Waals surface area contributed by atoms with Crippen LogP contribution in [0.3, 0.4) is 0 Å². The van der Waals surface area contributed by atoms with Crippen molar-refractivity contribution < 1.29 is 4.42 Å². The predicted octanol–water partition coefficient (Wildman–Crippen LogP) is 15.0. The van der Waals surface area contributed by atoms with Gasteiger partial charge in [0, 0.05) is 44.6 Å². The van der Waals surface area contributed by atoms with E-state index in [2.05, 4.69) is 202 Å². The van der Waals surface area contributed by atoms with Crippen LogP contribution in [-0.2, 0) is 10.8 Å². The van der Waals surface area contributed by atoms with Crippen LogP contribution in [0.4, 0.5) is 17.1 Å². The fourth-order valence-corrected chi connectivity index (χ4v) is 9.94. The van der Waals surface area contributed by atoms with Gasteiger partial charge in [-0.3, -0.25) is 0 Å². The zero-order valence-electron chi connectivity index (χ0n) is 32.1. The lowest BCUT2D eigenvalue weighted by Gasteiger charge is -2.31. The van der Waals surface area contributed by atoms with Gasteiger partial charge in [0.1, 0.15) is 11.2 Å². The van der Waals surface area contributed by atoms with Crippen LogP contribution in [0, 0.1) is 0 Å². The average molecular weight is 720 g/mol. The monoisotopic (exact) mass is 719 g/mol. The molecule has 0 amide bonds. The van der Waals surface area contributed by atoms with E-state index in [1.54, 1.807) is 0 Å². The van der Waals surface area contributed by atoms with Gasteiger partial charge >= 0.3 is 0 Å². The average Bonchev–Trinajstić information content (AvgIpc) is 3.80. The zero-order valence-corrected chi connectivity index (χ0v) is 32.1. The molecule has 0 radical (unpaired) electrons. The van der Waals surface area contributed by atoms with Crippen molar-refractivity contribution in [1.29, 1.82) is 0 Å². The number of fused-ring (bicyclic) bond motifs is 9. The van der Waals surface area contributed by atoms with Crippen LogP contribution in [0.15, 0.2) is 180 Å². The van der Waals surface area contributed by atoms with Gasteiger partial charge in [-0.25, -0.2) is 0 Å². The number of furan rings is 1. The van der Waals surface area contributed by atoms with Gasteiger partial charge < -0.3 is 9.32 Å². The maximum atomic E-state index is 6.57. The highest BCUT2D eigenvalue weighted by molar-refractivity contribution is 6.08. The first kappa shape index (κ1) is 32.8. The van der Waals surface area contributed by atoms with Crippen molar-refractivity contribution in [2.75, 3.05) is 4.90 Å². The molecule has 9 aromatic rings. The number of rotatable bonds is 5. The minimum absolute atomic E-state index is 0.129. The lowest BCUT2D eigenvalue weighted by atomic mass is 9.81. The molecule has 2 heteroatoms. The first-order valence-electron chi connectivity index (χ1n) is 19.7. The Labute approximate surface area is 328 Å². The quantitative estimate of drug-likeness (QED) is 0.176. The summed E-state index contributed by atoms with van der Waals surface area (Å²) in [5.41, 5.74) is 20.3. The molecule has 2 aliphatic rings. The Morgan fingerprint density at radius 2 is 0.946 bits per heavy atom. The molecule has 1 aromatic heterocycles. The smallest absolute Gasteiger partial charge is 0.137 e. The molecule has 0 bridgehead atoms. The van der Waals surface area contributed by atoms with Crippen LogP contribution in [0.25, 0.3) is 66.4 Å². The van der Waals surface area contributed by atoms with Gasteiger partial charge in [-0.05, 0) is 97.6 Å². The molecule has 0 saturated carbocycles. The summed E-state index contributed by atoms with van der Waals surface area (Å²) in [4.78, 5) is 2.47. The maximum Gasteiger partial charge on any atom is 0.137 e. The summed E-state index contributed by atoms with van der Waals surface area (Å²) in [6.45, 7) is 9.45. The van der Waals surface area contributed by atoms with Crippen LogP contribution in [0.2, 0.25) is 0 Å². The van der Waals surface area contributed by atoms with E-state index in [4.69, 9.17) is 4.42 Å². The zero-order chi connectivity index (χ0) is 37.8. The number of anilines is 3. The van der Waals surface area contributed by atoms with Gasteiger partial charge in [-0.1, -0.05) is 161 Å². The molecule has 2 nitrogen and oxygen atoms in total. The van der Waals surface area contributed by atoms with Crippen LogP contribution in [0.1, 0.15) is 49.9 Å². The Bertz CT molecular complexity index is 3030. The molecule has 0 atom stereocenters. The van der Waals surface area contributed by atoms with Crippen molar-refractivity contribution in [1.82, 2.24) is 0 Å². The molecular formula is C54H41NO. The van der Waals surface area contributed by atoms with Gasteiger partial charge in [0.25, 0.3) is 0 Å². The Morgan fingerprint density at radius 3 is 1.79 bits per heavy atom. The number of hydrogen-bond donors (Lipinski definition) is 0. The molecule has 1 heterocycles. The fourth-order valence-electron chi connectivity index (χ4n) is 9.94. The maximum absolute atomic E-state index is 6.57. The molecule has 8 aromatic carbocycles. The number of hydrogen-bond acceptors (Lipinski definition) is 2. The van der Waals surface area contributed by atoms with Crippen LogP contribution in [0.5, 0.6) is 0 Å². The first-order valence-corrected chi connectivity index (χ1v) is 19.7. The predicted molar refractivity (Wildman–Crippen MR) is 234 cm³/mol. The summed E-state index contributed by atoms with van der Waals surface area (Å²) in [5.74, 6) is 0. The number of para-hydroxylation sites is 1. The largest absolute Gasteiger partial charge is 0.456 e. The molecular weight excluding hydrogens is 679 g/mol. The van der Waals surface area contributed by atoms with Crippen molar-refractivity contribution in [3.05, 3.63) is 198 Å². The van der Waals surface area contributed by atoms with Gasteiger partial charge in [0.2, 0.25) is 0 Å². The molecule has 0 aliphatic heterocycles. The lowest BCUT2D eigenvalue weighted by molar-refractivity contribution is 0.660. The van der Waals surface area contributed by atoms with Crippen LogP contribution >= 0.6 is 0 Å². The van der Waals surface area contributed by atoms with Gasteiger partial charge in [-0.15, -0.1) is 0 Å². The third-order valence-electron chi connectivity index (χ3n) is 12.7. The minimum Gasteiger partial charge on any atom is -0.456 e. The second kappa shape index (κ2) is 11.9. The molecule has 56 heavy (non-hydrogen) atoms. The van der Waals surface area contributed by atoms with E-state index >= 15 is 0 Å². The van der Waals surface area contributed by atoms with E-state index < -0.39 is 0 Å². The Kier molecular flexibility index (Phi) is 6.98. The molecule has 0 spiro atoms. The van der Waals surface area contributed by atoms with E-state index in [9.17, 15) is 0 Å². The van der Waals surface area contributed by atoms with Crippen molar-refractivity contribution >= 4 is 39.0 Å². The molecule has 0 saturated heterocycles. The van der Waals surface area contributed by atoms with Crippen molar-refractivity contribution in [3.8, 4) is 44.5 Å². The van der Waals surface area contributed by atoms with Gasteiger partial charge in [0.15, 0.2) is 0 Å². The summed E-state index contributed by atoms with van der Waals surface area (Å²) in [6.07, 6.45) is 0. The minimum atomic E-state index is -0.152. The molecule has 0 N–H and O–H groups in total. The highest BCUT2D eigenvalue weighted by Gasteiger charge is 2.39. The summed E-state index contributed by atoms with van der Waals surface area (Å²) in [6, 6.07) is 64.6. The standard InChI is InChI=1S/C54H41NO/c1-53(2)45-24-12-9-20-42(45)51-43(22-14-25-46(51)53)52-37(34-16-6-5-7-17-34)21-15-26-48(52)55(36-29-31-41-40-19-10-13-27-49(40)56-50(41)33-36)35-28-30-39-38-18-8-11-23-44(38)54(3,4)47(39)32-35/h5-33H,1-4H3. The topological polar surface area (TPSA) is 16.4 Å². The Hall–Kier alpha value is -6.64. The third kappa shape index (κ3) is 4.62. The first-order chi connectivity index (χ1) is 27.3. The van der Waals surface area contributed by atoms with E-state index in [1.165, 1.54) is 66.8 Å². The Morgan fingerprint density at radius 1 is 0.375 bits per heavy atom. The number of nitrogens with zero attached hydrogens (tertiary/aromatic N) is 1. The van der Waals surface area contributed by atoms with E-state index in [0.717, 1.165) is 39.0 Å². The number of benzene rings is 8. The van der Waals surface area contributed by atoms with E-state index in [-0.39, 0.29) is 10.8 Å². The second-order valence-electron chi connectivity index (χ2n) is 16.5. The lowest BCUT2D eigenvalue weighted by Crippen LogP contribution is -2.17. The molecule has 2 aliphatic carbocycles. The van der Waals surface area contributed by atoms with Gasteiger partial charge in [0.05, 0.1) is 5.69 Å². The van der Waals surface area contributed by atoms with Gasteiger partial charge in [-0.2, -0.15) is 0 Å². The Balaban J connectivity index is 1.23. The molecule has 11 rings (SSSR count). The third-order valence-corrected chi connectivity index (χ3v) is 12.7. The summed E-state index contributed by atoms with van der Waals surface area (Å²) in [5, 5.41) is 2.25. The summed E-state index contributed by atoms with van der Waals surface area (Å²) < 4.78 is 6.57. The molecule has 0 unspecified atom stereocenters. The van der Waals surface area contributed by atoms with Crippen molar-refractivity contribution in [2.24, 2.45) is 0 Å². The SMILES string of the molecule is CC1(C)c2ccccc2-c2ccc(N(c3ccc4c(c3)oc3ccccc34)c3cccc(-c4ccccc4)c3-c3cccc4c3-c3ccccc3C4(C)C)cc21. The van der Waals surface area contributed by atoms with Crippen molar-refractivity contribution in [3.63, 3.8) is 0 Å². The van der Waals surface area contributed by atoms with Crippen molar-refractivity contribution in [2.45, 2.75) is 38.5 Å². The fraction of sp³-hybridized carbons (Fsp3) is 0.111. The van der Waals surface area contributed by atoms with E-state index in [1.807, 2.05) is 6.07 Å². The summed E-state index contributed by atoms with van der Waals surface area (Å²) >= 11 is 0. The molecule has 268 valence electrons. The summed E-state index contributed by atoms with van der Waals surface area (Å²) in [7, 11) is 0. The van der Waals surface area contributed by atoms with E-state index in [0.29, 0.717) is 0 Å². The highest BCUT2D eigenvalue weighted by atomic mass is 16.3. The normalized spacial score (nSPS) is 14.4.